The summed E-state index contributed by atoms with van der Waals surface area (Å²) in [5.74, 6) is 0.591. The van der Waals surface area contributed by atoms with Crippen LogP contribution in [0.1, 0.15) is 142 Å². The van der Waals surface area contributed by atoms with E-state index in [9.17, 15) is 10.2 Å². The van der Waals surface area contributed by atoms with Crippen molar-refractivity contribution >= 4 is 30.0 Å². The number of benzene rings is 2. The number of aliphatic imine (C=N–C) groups is 2. The van der Waals surface area contributed by atoms with E-state index in [1.165, 1.54) is 22.5 Å². The third-order valence-corrected chi connectivity index (χ3v) is 12.6. The molecule has 2 heterocycles. The van der Waals surface area contributed by atoms with Crippen LogP contribution in [-0.2, 0) is 51.5 Å². The normalized spacial score (nSPS) is 15.9. The van der Waals surface area contributed by atoms with Crippen molar-refractivity contribution in [3.63, 3.8) is 0 Å². The van der Waals surface area contributed by atoms with E-state index in [4.69, 9.17) is 25.0 Å². The van der Waals surface area contributed by atoms with Crippen molar-refractivity contribution in [1.82, 2.24) is 0 Å². The molecule has 11 nitrogen and oxygen atoms in total. The van der Waals surface area contributed by atoms with Crippen LogP contribution >= 0.6 is 0 Å². The predicted octanol–water partition coefficient (Wildman–Crippen LogP) is 10.9. The molecule has 2 unspecified atom stereocenters. The fourth-order valence-corrected chi connectivity index (χ4v) is 8.44. The van der Waals surface area contributed by atoms with Gasteiger partial charge in [-0.05, 0) is 57.8 Å². The van der Waals surface area contributed by atoms with E-state index in [-0.39, 0.29) is 63.4 Å². The summed E-state index contributed by atoms with van der Waals surface area (Å²) in [5, 5.41) is 37.5. The molecule has 2 aromatic heterocycles. The van der Waals surface area contributed by atoms with Gasteiger partial charge in [-0.1, -0.05) is 95.2 Å². The van der Waals surface area contributed by atoms with Crippen molar-refractivity contribution in [1.29, 1.82) is 0 Å². The summed E-state index contributed by atoms with van der Waals surface area (Å²) in [6.45, 7) is 28.0. The summed E-state index contributed by atoms with van der Waals surface area (Å²) < 4.78 is 4.55. The number of phenols is 2. The molecule has 0 spiro atoms. The van der Waals surface area contributed by atoms with Crippen molar-refractivity contribution in [2.24, 2.45) is 15.4 Å². The maximum absolute atomic E-state index is 11.8. The van der Waals surface area contributed by atoms with Crippen molar-refractivity contribution < 1.29 is 51.1 Å². The van der Waals surface area contributed by atoms with Crippen molar-refractivity contribution in [2.75, 3.05) is 38.0 Å². The number of rotatable bonds is 14. The number of pyridine rings is 2. The van der Waals surface area contributed by atoms with Crippen molar-refractivity contribution in [3.8, 4) is 11.5 Å². The Morgan fingerprint density at radius 1 is 0.597 bits per heavy atom. The second-order valence-electron chi connectivity index (χ2n) is 22.5. The number of aromatic hydroxyl groups is 2. The van der Waals surface area contributed by atoms with E-state index in [1.54, 1.807) is 0 Å². The molecule has 0 saturated heterocycles. The minimum Gasteiger partial charge on any atom is -0.507 e. The van der Waals surface area contributed by atoms with Gasteiger partial charge in [-0.2, -0.15) is 0 Å². The van der Waals surface area contributed by atoms with Gasteiger partial charge in [0.25, 0.3) is 0 Å². The second-order valence-corrected chi connectivity index (χ2v) is 22.5. The van der Waals surface area contributed by atoms with Crippen LogP contribution in [0, 0.1) is 12.8 Å². The largest absolute Gasteiger partial charge is 0.507 e. The molecule has 0 bridgehead atoms. The first-order valence-electron chi connectivity index (χ1n) is 23.0. The number of hydrogen-bond acceptors (Lipinski definition) is 7. The quantitative estimate of drug-likeness (QED) is 0.0561. The number of carbonyl (C=O) groups is 1. The molecule has 4 N–H and O–H groups in total. The molecule has 0 aliphatic heterocycles. The van der Waals surface area contributed by atoms with E-state index < -0.39 is 6.16 Å². The number of nitrogens with zero attached hydrogens (tertiary/aromatic N) is 6. The topological polar surface area (TPSA) is 137 Å². The molecule has 1 fully saturated rings. The first-order chi connectivity index (χ1) is 30.0. The zero-order valence-electron chi connectivity index (χ0n) is 43.7. The van der Waals surface area contributed by atoms with Gasteiger partial charge in [0, 0.05) is 134 Å². The van der Waals surface area contributed by atoms with Crippen LogP contribution in [0.4, 0.5) is 16.2 Å². The van der Waals surface area contributed by atoms with Gasteiger partial charge in [0.2, 0.25) is 0 Å². The van der Waals surface area contributed by atoms with Crippen LogP contribution < -0.4 is 18.9 Å². The molecular formula is C55H83CoN6O5+. The van der Waals surface area contributed by atoms with Crippen LogP contribution in [0.2, 0.25) is 0 Å². The Morgan fingerprint density at radius 2 is 0.896 bits per heavy atom. The van der Waals surface area contributed by atoms with Gasteiger partial charge >= 0.3 is 6.16 Å². The number of hydrogen-bond donors (Lipinski definition) is 4. The van der Waals surface area contributed by atoms with Crippen LogP contribution in [0.15, 0.2) is 83.3 Å². The standard InChI is InChI=1S/C53H76N6O2.CH2O3.CH3.Co/c1-49(2,3)39-31-37(45(60)43(33-39)51(7,8)9)35-54-47-48(55-36-38-32-40(50(4,5)6)34-44(46(38)61)52(10,11)12)53(47,23-17-25-58-27-19-41(20-28-58)56(13)14)24-18-26-59-29-21-42(22-30-59)57(15)16;2-1(3)4;;/h19-22,27-36,47-48H,17-18,23-26H2,1-16H3;(H2,2,3,4);1H3;/q;;-1;/p+2. The van der Waals surface area contributed by atoms with Gasteiger partial charge in [0.05, 0.1) is 12.1 Å². The van der Waals surface area contributed by atoms with Crippen LogP contribution in [0.25, 0.3) is 0 Å². The molecule has 2 aromatic carbocycles. The maximum atomic E-state index is 11.8. The number of anilines is 2. The van der Waals surface area contributed by atoms with Gasteiger partial charge in [-0.15, -0.1) is 0 Å². The molecule has 0 amide bonds. The zero-order valence-corrected chi connectivity index (χ0v) is 44.7. The SMILES string of the molecule is CN(C)c1cc[n+](CCCC2(CCC[n+]3ccc(N(C)C)cc3)C(N=Cc3cc(C(C)(C)C)cc(C(C)(C)C)c3O)C2N=Cc2cc(C(C)(C)C)cc(C(C)(C)C)c2O)cc1.O=C(O)O.[CH3-].[Co]. The molecule has 1 saturated carbocycles. The number of phenolic OH excluding ortho intramolecular Hbond substituents is 2. The van der Waals surface area contributed by atoms with Gasteiger partial charge in [-0.3, -0.25) is 9.98 Å². The van der Waals surface area contributed by atoms with E-state index in [0.717, 1.165) is 61.0 Å². The molecule has 2 atom stereocenters. The third kappa shape index (κ3) is 15.5. The Balaban J connectivity index is 0.00000247. The number of carboxylic acid groups (broad SMARTS) is 2. The molecule has 1 radical (unpaired) electrons. The van der Waals surface area contributed by atoms with Crippen molar-refractivity contribution in [2.45, 2.75) is 156 Å². The maximum Gasteiger partial charge on any atom is 0.503 e. The monoisotopic (exact) mass is 967 g/mol. The molecule has 12 heteroatoms. The Hall–Kier alpha value is -4.94. The summed E-state index contributed by atoms with van der Waals surface area (Å²) in [7, 11) is 8.27. The fourth-order valence-electron chi connectivity index (χ4n) is 8.44. The molecule has 371 valence electrons. The third-order valence-electron chi connectivity index (χ3n) is 12.6. The summed E-state index contributed by atoms with van der Waals surface area (Å²) in [6, 6.07) is 17.0. The van der Waals surface area contributed by atoms with E-state index in [1.807, 2.05) is 12.4 Å². The fraction of sp³-hybridized carbons (Fsp3) is 0.527. The minimum atomic E-state index is -1.83. The van der Waals surface area contributed by atoms with Gasteiger partial charge in [0.1, 0.15) is 24.6 Å². The Morgan fingerprint density at radius 3 is 1.15 bits per heavy atom. The molecule has 4 aromatic rings. The average molecular weight is 967 g/mol. The average Bonchev–Trinajstić information content (AvgIpc) is 3.78. The molecule has 67 heavy (non-hydrogen) atoms. The summed E-state index contributed by atoms with van der Waals surface area (Å²) >= 11 is 0. The zero-order chi connectivity index (χ0) is 48.9. The summed E-state index contributed by atoms with van der Waals surface area (Å²) in [6.07, 6.45) is 14.5. The first-order valence-corrected chi connectivity index (χ1v) is 23.0. The molecular weight excluding hydrogens is 884 g/mol. The van der Waals surface area contributed by atoms with Gasteiger partial charge in [0.15, 0.2) is 24.8 Å². The Bertz CT molecular complexity index is 2130. The summed E-state index contributed by atoms with van der Waals surface area (Å²) in [5.41, 5.74) is 7.14. The van der Waals surface area contributed by atoms with Crippen LogP contribution in [0.5, 0.6) is 11.5 Å². The molecule has 5 rings (SSSR count). The van der Waals surface area contributed by atoms with Crippen LogP contribution in [0.3, 0.4) is 0 Å². The number of aryl methyl sites for hydroxylation is 2. The minimum absolute atomic E-state index is 0. The molecule has 1 aliphatic rings. The summed E-state index contributed by atoms with van der Waals surface area (Å²) in [4.78, 5) is 23.7. The second kappa shape index (κ2) is 22.9. The van der Waals surface area contributed by atoms with Crippen LogP contribution in [-0.4, -0.2) is 79.3 Å². The first kappa shape index (κ1) is 58.2. The Kier molecular flexibility index (Phi) is 19.9. The van der Waals surface area contributed by atoms with Gasteiger partial charge < -0.3 is 37.7 Å². The van der Waals surface area contributed by atoms with Gasteiger partial charge in [-0.25, -0.2) is 13.9 Å². The number of aromatic nitrogens is 2. The van der Waals surface area contributed by atoms with Crippen molar-refractivity contribution in [3.05, 3.63) is 114 Å². The smallest absolute Gasteiger partial charge is 0.503 e. The molecule has 1 aliphatic carbocycles. The van der Waals surface area contributed by atoms with E-state index in [0.29, 0.717) is 11.5 Å². The Labute approximate surface area is 413 Å². The van der Waals surface area contributed by atoms with E-state index in [2.05, 4.69) is 204 Å². The predicted molar refractivity (Wildman–Crippen MR) is 274 cm³/mol. The van der Waals surface area contributed by atoms with E-state index >= 15 is 0 Å².